The fourth-order valence-electron chi connectivity index (χ4n) is 3.23. The van der Waals surface area contributed by atoms with Crippen molar-refractivity contribution in [3.8, 4) is 16.9 Å². The van der Waals surface area contributed by atoms with Crippen LogP contribution in [0.5, 0.6) is 5.75 Å². The van der Waals surface area contributed by atoms with Crippen molar-refractivity contribution in [1.29, 1.82) is 0 Å². The van der Waals surface area contributed by atoms with Gasteiger partial charge in [0, 0.05) is 28.4 Å². The van der Waals surface area contributed by atoms with E-state index in [9.17, 15) is 13.9 Å². The van der Waals surface area contributed by atoms with Crippen LogP contribution < -0.4 is 5.32 Å². The number of hydrogen-bond acceptors (Lipinski definition) is 3. The third-order valence-corrected chi connectivity index (χ3v) is 4.21. The van der Waals surface area contributed by atoms with Crippen molar-refractivity contribution >= 4 is 11.4 Å². The Hall–Kier alpha value is -2.56. The molecule has 3 nitrogen and oxygen atoms in total. The Morgan fingerprint density at radius 2 is 1.87 bits per heavy atom. The molecule has 4 rings (SSSR count). The van der Waals surface area contributed by atoms with Crippen LogP contribution in [0.3, 0.4) is 0 Å². The van der Waals surface area contributed by atoms with Gasteiger partial charge in [-0.25, -0.2) is 8.78 Å². The van der Waals surface area contributed by atoms with E-state index in [1.807, 2.05) is 26.0 Å². The number of nitrogens with one attached hydrogen (secondary N) is 1. The molecule has 0 saturated heterocycles. The summed E-state index contributed by atoms with van der Waals surface area (Å²) in [5.74, 6) is -1.57. The van der Waals surface area contributed by atoms with Crippen molar-refractivity contribution in [2.24, 2.45) is 0 Å². The molecule has 2 heterocycles. The lowest BCUT2D eigenvalue weighted by Gasteiger charge is -2.30. The van der Waals surface area contributed by atoms with Crippen LogP contribution in [-0.2, 0) is 11.3 Å². The molecule has 0 radical (unpaired) electrons. The van der Waals surface area contributed by atoms with E-state index in [1.54, 1.807) is 6.07 Å². The zero-order valence-electron chi connectivity index (χ0n) is 12.7. The molecule has 2 aromatic carbocycles. The normalized spacial score (nSPS) is 17.1. The fourth-order valence-corrected chi connectivity index (χ4v) is 3.23. The summed E-state index contributed by atoms with van der Waals surface area (Å²) in [6, 6.07) is 5.48. The Kier molecular flexibility index (Phi) is 2.73. The summed E-state index contributed by atoms with van der Waals surface area (Å²) in [4.78, 5) is 0. The van der Waals surface area contributed by atoms with E-state index in [4.69, 9.17) is 4.74 Å². The SMILES string of the molecule is CC1(C)C=C2OCc3c(-c4cc(F)c(F)cc4O)ccc(c32)N1. The molecular formula is C18H15F2NO2. The lowest BCUT2D eigenvalue weighted by atomic mass is 9.89. The molecule has 0 amide bonds. The minimum atomic E-state index is -1.07. The maximum atomic E-state index is 13.6. The molecule has 118 valence electrons. The van der Waals surface area contributed by atoms with E-state index >= 15 is 0 Å². The maximum absolute atomic E-state index is 13.6. The first-order valence-electron chi connectivity index (χ1n) is 7.34. The molecule has 23 heavy (non-hydrogen) atoms. The highest BCUT2D eigenvalue weighted by Gasteiger charge is 2.33. The number of aromatic hydroxyl groups is 1. The minimum absolute atomic E-state index is 0.227. The number of hydrogen-bond donors (Lipinski definition) is 2. The number of benzene rings is 2. The van der Waals surface area contributed by atoms with Crippen molar-refractivity contribution in [3.05, 3.63) is 53.1 Å². The summed E-state index contributed by atoms with van der Waals surface area (Å²) in [5, 5.41) is 13.4. The highest BCUT2D eigenvalue weighted by Crippen LogP contribution is 2.46. The second-order valence-electron chi connectivity index (χ2n) is 6.44. The van der Waals surface area contributed by atoms with Gasteiger partial charge in [-0.05, 0) is 37.6 Å². The quantitative estimate of drug-likeness (QED) is 0.819. The van der Waals surface area contributed by atoms with Crippen molar-refractivity contribution < 1.29 is 18.6 Å². The molecule has 0 saturated carbocycles. The molecule has 2 aromatic rings. The molecule has 0 fully saturated rings. The molecule has 0 atom stereocenters. The van der Waals surface area contributed by atoms with E-state index in [2.05, 4.69) is 5.32 Å². The topological polar surface area (TPSA) is 41.5 Å². The number of phenols is 1. The van der Waals surface area contributed by atoms with E-state index in [0.717, 1.165) is 34.7 Å². The van der Waals surface area contributed by atoms with Crippen LogP contribution in [0.1, 0.15) is 25.0 Å². The first-order valence-corrected chi connectivity index (χ1v) is 7.34. The van der Waals surface area contributed by atoms with Crippen molar-refractivity contribution in [1.82, 2.24) is 0 Å². The van der Waals surface area contributed by atoms with Gasteiger partial charge in [0.2, 0.25) is 0 Å². The lowest BCUT2D eigenvalue weighted by molar-refractivity contribution is 0.283. The standard InChI is InChI=1S/C18H15F2NO2/c1-18(2)7-16-17-11(8-23-16)9(3-4-14(17)21-18)10-5-12(19)13(20)6-15(10)22/h3-7,21-22H,8H2,1-2H3. The van der Waals surface area contributed by atoms with Gasteiger partial charge in [-0.1, -0.05) is 6.07 Å². The van der Waals surface area contributed by atoms with Crippen LogP contribution in [0, 0.1) is 11.6 Å². The summed E-state index contributed by atoms with van der Waals surface area (Å²) < 4.78 is 32.6. The molecule has 2 aliphatic heterocycles. The molecule has 5 heteroatoms. The maximum Gasteiger partial charge on any atom is 0.162 e. The van der Waals surface area contributed by atoms with Gasteiger partial charge in [-0.15, -0.1) is 0 Å². The summed E-state index contributed by atoms with van der Waals surface area (Å²) in [7, 11) is 0. The molecule has 0 aromatic heterocycles. The summed E-state index contributed by atoms with van der Waals surface area (Å²) in [5.41, 5.74) is 3.39. The van der Waals surface area contributed by atoms with Crippen LogP contribution in [-0.4, -0.2) is 10.6 Å². The van der Waals surface area contributed by atoms with Gasteiger partial charge in [0.15, 0.2) is 11.6 Å². The van der Waals surface area contributed by atoms with Gasteiger partial charge in [0.05, 0.1) is 5.54 Å². The highest BCUT2D eigenvalue weighted by atomic mass is 19.2. The van der Waals surface area contributed by atoms with Crippen LogP contribution in [0.15, 0.2) is 30.3 Å². The van der Waals surface area contributed by atoms with Crippen molar-refractivity contribution in [2.45, 2.75) is 26.0 Å². The third kappa shape index (κ3) is 2.07. The zero-order chi connectivity index (χ0) is 16.4. The van der Waals surface area contributed by atoms with Gasteiger partial charge in [-0.3, -0.25) is 0 Å². The van der Waals surface area contributed by atoms with Crippen molar-refractivity contribution in [3.63, 3.8) is 0 Å². The van der Waals surface area contributed by atoms with Gasteiger partial charge < -0.3 is 15.2 Å². The number of anilines is 1. The Bertz CT molecular complexity index is 872. The second kappa shape index (κ2) is 4.47. The second-order valence-corrected chi connectivity index (χ2v) is 6.44. The largest absolute Gasteiger partial charge is 0.507 e. The predicted molar refractivity (Wildman–Crippen MR) is 83.9 cm³/mol. The average molecular weight is 315 g/mol. The highest BCUT2D eigenvalue weighted by molar-refractivity contribution is 5.88. The van der Waals surface area contributed by atoms with Gasteiger partial charge >= 0.3 is 0 Å². The van der Waals surface area contributed by atoms with Crippen molar-refractivity contribution in [2.75, 3.05) is 5.32 Å². The molecule has 0 unspecified atom stereocenters. The van der Waals surface area contributed by atoms with E-state index in [0.29, 0.717) is 12.2 Å². The monoisotopic (exact) mass is 315 g/mol. The first-order chi connectivity index (χ1) is 10.9. The summed E-state index contributed by atoms with van der Waals surface area (Å²) in [6.07, 6.45) is 2.00. The van der Waals surface area contributed by atoms with E-state index in [1.165, 1.54) is 0 Å². The lowest BCUT2D eigenvalue weighted by Crippen LogP contribution is -2.31. The zero-order valence-corrected chi connectivity index (χ0v) is 12.7. The smallest absolute Gasteiger partial charge is 0.162 e. The Morgan fingerprint density at radius 3 is 2.65 bits per heavy atom. The Labute approximate surface area is 132 Å². The summed E-state index contributed by atoms with van der Waals surface area (Å²) >= 11 is 0. The molecular weight excluding hydrogens is 300 g/mol. The number of rotatable bonds is 1. The van der Waals surface area contributed by atoms with Crippen LogP contribution in [0.4, 0.5) is 14.5 Å². The molecule has 0 spiro atoms. The average Bonchev–Trinajstić information content (AvgIpc) is 2.87. The van der Waals surface area contributed by atoms with Gasteiger partial charge in [0.1, 0.15) is 18.1 Å². The fraction of sp³-hybridized carbons (Fsp3) is 0.222. The molecule has 0 bridgehead atoms. The van der Waals surface area contributed by atoms with E-state index in [-0.39, 0.29) is 16.9 Å². The van der Waals surface area contributed by atoms with Crippen LogP contribution >= 0.6 is 0 Å². The van der Waals surface area contributed by atoms with E-state index < -0.39 is 11.6 Å². The Morgan fingerprint density at radius 1 is 1.13 bits per heavy atom. The third-order valence-electron chi connectivity index (χ3n) is 4.21. The Balaban J connectivity index is 1.94. The molecule has 0 aliphatic carbocycles. The van der Waals surface area contributed by atoms with Gasteiger partial charge in [-0.2, -0.15) is 0 Å². The van der Waals surface area contributed by atoms with Crippen LogP contribution in [0.2, 0.25) is 0 Å². The van der Waals surface area contributed by atoms with Gasteiger partial charge in [0.25, 0.3) is 0 Å². The number of phenolic OH excluding ortho intramolecular Hbond substituents is 1. The molecule has 2 N–H and O–H groups in total. The number of halogens is 2. The first kappa shape index (κ1) is 14.1. The predicted octanol–water partition coefficient (Wildman–Crippen LogP) is 4.41. The summed E-state index contributed by atoms with van der Waals surface area (Å²) in [6.45, 7) is 4.42. The number of ether oxygens (including phenoxy) is 1. The van der Waals surface area contributed by atoms with Crippen LogP contribution in [0.25, 0.3) is 16.9 Å². The molecule has 2 aliphatic rings. The minimum Gasteiger partial charge on any atom is -0.507 e.